The zero-order chi connectivity index (χ0) is 16.8. The molecule has 0 aliphatic heterocycles. The minimum atomic E-state index is -0.393. The van der Waals surface area contributed by atoms with E-state index in [0.717, 1.165) is 10.6 Å². The van der Waals surface area contributed by atoms with E-state index in [-0.39, 0.29) is 5.91 Å². The summed E-state index contributed by atoms with van der Waals surface area (Å²) in [6.07, 6.45) is 6.78. The van der Waals surface area contributed by atoms with Gasteiger partial charge in [-0.3, -0.25) is 20.4 Å². The Morgan fingerprint density at radius 2 is 1.75 bits per heavy atom. The van der Waals surface area contributed by atoms with Crippen LogP contribution < -0.4 is 10.9 Å². The lowest BCUT2D eigenvalue weighted by molar-refractivity contribution is -0.117. The van der Waals surface area contributed by atoms with Crippen LogP contribution in [-0.2, 0) is 4.79 Å². The summed E-state index contributed by atoms with van der Waals surface area (Å²) in [5.41, 5.74) is 6.03. The molecule has 0 unspecified atom stereocenters. The Kier molecular flexibility index (Phi) is 4.88. The van der Waals surface area contributed by atoms with E-state index in [1.165, 1.54) is 17.4 Å². The molecule has 3 rings (SSSR count). The van der Waals surface area contributed by atoms with Crippen molar-refractivity contribution in [1.29, 1.82) is 0 Å². The highest BCUT2D eigenvalue weighted by Crippen LogP contribution is 2.14. The van der Waals surface area contributed by atoms with Gasteiger partial charge in [0, 0.05) is 23.3 Å². The summed E-state index contributed by atoms with van der Waals surface area (Å²) in [5, 5.41) is 1.93. The fourth-order valence-corrected chi connectivity index (χ4v) is 2.78. The van der Waals surface area contributed by atoms with Crippen LogP contribution in [0.2, 0.25) is 0 Å². The molecule has 0 fully saturated rings. The number of hydrogen-bond acceptors (Lipinski definition) is 3. The predicted octanol–water partition coefficient (Wildman–Crippen LogP) is 3.01. The average molecular weight is 337 g/mol. The van der Waals surface area contributed by atoms with Crippen molar-refractivity contribution < 1.29 is 9.59 Å². The van der Waals surface area contributed by atoms with Crippen LogP contribution in [0, 0.1) is 0 Å². The molecule has 0 saturated carbocycles. The number of carbonyl (C=O) groups is 2. The lowest BCUT2D eigenvalue weighted by atomic mass is 10.1. The maximum Gasteiger partial charge on any atom is 0.271 e. The number of carbonyl (C=O) groups excluding carboxylic acids is 2. The molecule has 2 heterocycles. The number of amides is 2. The molecule has 0 saturated heterocycles. The zero-order valence-electron chi connectivity index (χ0n) is 12.7. The first-order valence-corrected chi connectivity index (χ1v) is 8.16. The molecule has 5 nitrogen and oxygen atoms in total. The number of hydrazine groups is 1. The summed E-state index contributed by atoms with van der Waals surface area (Å²) in [6, 6.07) is 14.8. The van der Waals surface area contributed by atoms with Crippen molar-refractivity contribution in [2.75, 3.05) is 0 Å². The van der Waals surface area contributed by atoms with Crippen LogP contribution in [0.3, 0.4) is 0 Å². The number of aromatic nitrogens is 1. The Hall–Kier alpha value is -3.12. The smallest absolute Gasteiger partial charge is 0.271 e. The van der Waals surface area contributed by atoms with Crippen LogP contribution in [0.5, 0.6) is 0 Å². The van der Waals surface area contributed by atoms with Crippen molar-refractivity contribution in [1.82, 2.24) is 15.4 Å². The maximum atomic E-state index is 12.3. The van der Waals surface area contributed by atoms with E-state index in [1.807, 2.05) is 58.7 Å². The molecule has 1 aromatic carbocycles. The number of benzene rings is 1. The molecule has 24 heavy (non-hydrogen) atoms. The quantitative estimate of drug-likeness (QED) is 0.568. The first-order valence-electron chi connectivity index (χ1n) is 7.28. The topological polar surface area (TPSA) is 63.1 Å². The van der Waals surface area contributed by atoms with Crippen molar-refractivity contribution in [2.45, 2.75) is 0 Å². The second-order valence-electron chi connectivity index (χ2n) is 4.90. The van der Waals surface area contributed by atoms with Crippen molar-refractivity contribution in [3.8, 4) is 5.69 Å². The summed E-state index contributed by atoms with van der Waals surface area (Å²) >= 11 is 1.53. The highest BCUT2D eigenvalue weighted by molar-refractivity contribution is 7.10. The van der Waals surface area contributed by atoms with Gasteiger partial charge in [-0.05, 0) is 41.8 Å². The molecule has 2 aromatic heterocycles. The Morgan fingerprint density at radius 1 is 0.958 bits per heavy atom. The fourth-order valence-electron chi connectivity index (χ4n) is 2.16. The average Bonchev–Trinajstić information content (AvgIpc) is 3.31. The van der Waals surface area contributed by atoms with E-state index in [1.54, 1.807) is 18.2 Å². The van der Waals surface area contributed by atoms with Crippen LogP contribution in [0.15, 0.2) is 72.4 Å². The monoisotopic (exact) mass is 337 g/mol. The molecule has 0 aliphatic carbocycles. The summed E-state index contributed by atoms with van der Waals surface area (Å²) in [7, 11) is 0. The number of thiophene rings is 1. The lowest BCUT2D eigenvalue weighted by Gasteiger charge is -2.11. The standard InChI is InChI=1S/C18H15N3O2S/c22-17(10-9-14-6-5-13-24-14)19-20-18(23)15-7-1-2-8-16(15)21-11-3-4-12-21/h1-13H,(H,19,22)(H,20,23)/b10-9+. The van der Waals surface area contributed by atoms with E-state index in [9.17, 15) is 9.59 Å². The Labute approximate surface area is 143 Å². The van der Waals surface area contributed by atoms with E-state index in [4.69, 9.17) is 0 Å². The van der Waals surface area contributed by atoms with Crippen LogP contribution in [-0.4, -0.2) is 16.4 Å². The van der Waals surface area contributed by atoms with Gasteiger partial charge in [0.1, 0.15) is 0 Å². The molecule has 0 spiro atoms. The third-order valence-electron chi connectivity index (χ3n) is 3.27. The Balaban J connectivity index is 1.65. The van der Waals surface area contributed by atoms with E-state index in [2.05, 4.69) is 10.9 Å². The van der Waals surface area contributed by atoms with Gasteiger partial charge < -0.3 is 4.57 Å². The second-order valence-corrected chi connectivity index (χ2v) is 5.88. The molecule has 3 aromatic rings. The lowest BCUT2D eigenvalue weighted by Crippen LogP contribution is -2.41. The minimum Gasteiger partial charge on any atom is -0.323 e. The molecule has 2 N–H and O–H groups in total. The third-order valence-corrected chi connectivity index (χ3v) is 4.11. The van der Waals surface area contributed by atoms with Crippen LogP contribution in [0.1, 0.15) is 15.2 Å². The Morgan fingerprint density at radius 3 is 2.50 bits per heavy atom. The van der Waals surface area contributed by atoms with Crippen LogP contribution in [0.25, 0.3) is 11.8 Å². The normalized spacial score (nSPS) is 10.7. The largest absolute Gasteiger partial charge is 0.323 e. The second kappa shape index (κ2) is 7.43. The minimum absolute atomic E-state index is 0.378. The van der Waals surface area contributed by atoms with Gasteiger partial charge in [0.15, 0.2) is 0 Å². The molecule has 2 amide bonds. The number of nitrogens with one attached hydrogen (secondary N) is 2. The number of para-hydroxylation sites is 1. The van der Waals surface area contributed by atoms with Gasteiger partial charge in [-0.2, -0.15) is 0 Å². The molecule has 6 heteroatoms. The summed E-state index contributed by atoms with van der Waals surface area (Å²) < 4.78 is 1.84. The van der Waals surface area contributed by atoms with E-state index in [0.29, 0.717) is 5.56 Å². The highest BCUT2D eigenvalue weighted by atomic mass is 32.1. The SMILES string of the molecule is O=C(/C=C/c1cccs1)NNC(=O)c1ccccc1-n1cccc1. The van der Waals surface area contributed by atoms with Gasteiger partial charge in [0.05, 0.1) is 11.3 Å². The Bertz CT molecular complexity index is 852. The maximum absolute atomic E-state index is 12.3. The molecule has 0 atom stereocenters. The van der Waals surface area contributed by atoms with Gasteiger partial charge >= 0.3 is 0 Å². The van der Waals surface area contributed by atoms with Gasteiger partial charge in [0.2, 0.25) is 0 Å². The molecule has 0 bridgehead atoms. The van der Waals surface area contributed by atoms with Crippen LogP contribution in [0.4, 0.5) is 0 Å². The van der Waals surface area contributed by atoms with E-state index >= 15 is 0 Å². The van der Waals surface area contributed by atoms with Crippen molar-refractivity contribution in [3.63, 3.8) is 0 Å². The van der Waals surface area contributed by atoms with Gasteiger partial charge in [-0.1, -0.05) is 18.2 Å². The number of nitrogens with zero attached hydrogens (tertiary/aromatic N) is 1. The molecular weight excluding hydrogens is 322 g/mol. The number of rotatable bonds is 4. The highest BCUT2D eigenvalue weighted by Gasteiger charge is 2.12. The summed E-state index contributed by atoms with van der Waals surface area (Å²) in [5.74, 6) is -0.771. The summed E-state index contributed by atoms with van der Waals surface area (Å²) in [4.78, 5) is 25.1. The molecule has 0 radical (unpaired) electrons. The van der Waals surface area contributed by atoms with Crippen molar-refractivity contribution in [3.05, 3.63) is 82.8 Å². The predicted molar refractivity (Wildman–Crippen MR) is 94.7 cm³/mol. The van der Waals surface area contributed by atoms with Gasteiger partial charge in [-0.15, -0.1) is 11.3 Å². The van der Waals surface area contributed by atoms with Crippen molar-refractivity contribution >= 4 is 29.2 Å². The number of hydrogen-bond donors (Lipinski definition) is 2. The zero-order valence-corrected chi connectivity index (χ0v) is 13.5. The van der Waals surface area contributed by atoms with Gasteiger partial charge in [0.25, 0.3) is 11.8 Å². The first-order chi connectivity index (χ1) is 11.7. The third kappa shape index (κ3) is 3.80. The van der Waals surface area contributed by atoms with E-state index < -0.39 is 5.91 Å². The molecule has 0 aliphatic rings. The molecule has 120 valence electrons. The molecular formula is C18H15N3O2S. The van der Waals surface area contributed by atoms with Crippen LogP contribution >= 0.6 is 11.3 Å². The first kappa shape index (κ1) is 15.8. The van der Waals surface area contributed by atoms with Crippen molar-refractivity contribution in [2.24, 2.45) is 0 Å². The summed E-state index contributed by atoms with van der Waals surface area (Å²) in [6.45, 7) is 0. The fraction of sp³-hybridized carbons (Fsp3) is 0. The van der Waals surface area contributed by atoms with Gasteiger partial charge in [-0.25, -0.2) is 0 Å².